The molecule has 10 heteroatoms. The number of carboxylic acids is 1. The van der Waals surface area contributed by atoms with Crippen molar-refractivity contribution in [2.24, 2.45) is 12.8 Å². The molecule has 0 bridgehead atoms. The SMILES string of the molecule is CCc1cccc(CN)c1C(=O)NC(Cc1ccc(-c2c(C(F)(F)F)cc(C)n(C)c2=O)cc1)C(=O)O. The maximum atomic E-state index is 13.7. The van der Waals surface area contributed by atoms with Crippen LogP contribution in [0.25, 0.3) is 11.1 Å². The normalized spacial score (nSPS) is 12.3. The highest BCUT2D eigenvalue weighted by Gasteiger charge is 2.36. The summed E-state index contributed by atoms with van der Waals surface area (Å²) in [5.74, 6) is -1.84. The van der Waals surface area contributed by atoms with E-state index in [4.69, 9.17) is 5.73 Å². The van der Waals surface area contributed by atoms with E-state index in [0.29, 0.717) is 23.1 Å². The Kier molecular flexibility index (Phi) is 8.22. The van der Waals surface area contributed by atoms with E-state index in [1.54, 1.807) is 18.2 Å². The molecule has 0 aliphatic rings. The first kappa shape index (κ1) is 27.7. The number of hydrogen-bond donors (Lipinski definition) is 3. The first-order valence-corrected chi connectivity index (χ1v) is 11.6. The summed E-state index contributed by atoms with van der Waals surface area (Å²) in [6.45, 7) is 3.39. The van der Waals surface area contributed by atoms with E-state index >= 15 is 0 Å². The Bertz CT molecular complexity index is 1360. The van der Waals surface area contributed by atoms with Gasteiger partial charge in [0, 0.05) is 31.3 Å². The second-order valence-electron chi connectivity index (χ2n) is 8.71. The highest BCUT2D eigenvalue weighted by atomic mass is 19.4. The first-order valence-electron chi connectivity index (χ1n) is 11.6. The van der Waals surface area contributed by atoms with Gasteiger partial charge in [0.1, 0.15) is 6.04 Å². The summed E-state index contributed by atoms with van der Waals surface area (Å²) in [5.41, 5.74) is 5.78. The Morgan fingerprint density at radius 3 is 2.27 bits per heavy atom. The number of alkyl halides is 3. The first-order chi connectivity index (χ1) is 17.4. The zero-order chi connectivity index (χ0) is 27.5. The number of carbonyl (C=O) groups is 2. The van der Waals surface area contributed by atoms with Crippen molar-refractivity contribution in [3.63, 3.8) is 0 Å². The summed E-state index contributed by atoms with van der Waals surface area (Å²) in [7, 11) is 1.39. The smallest absolute Gasteiger partial charge is 0.417 e. The number of aryl methyl sites for hydroxylation is 2. The number of aromatic nitrogens is 1. The average Bonchev–Trinajstić information content (AvgIpc) is 2.85. The minimum absolute atomic E-state index is 0.0528. The standard InChI is InChI=1S/C27H28F3N3O4/c1-4-17-6-5-7-19(14-31)22(17)24(34)32-21(26(36)37)13-16-8-10-18(11-9-16)23-20(27(28,29)30)12-15(2)33(3)25(23)35/h5-12,21H,4,13-14,31H2,1-3H3,(H,32,34)(H,36,37). The topological polar surface area (TPSA) is 114 Å². The lowest BCUT2D eigenvalue weighted by atomic mass is 9.96. The lowest BCUT2D eigenvalue weighted by molar-refractivity contribution is -0.139. The number of amides is 1. The Morgan fingerprint density at radius 1 is 1.11 bits per heavy atom. The fraction of sp³-hybridized carbons (Fsp3) is 0.296. The molecule has 1 amide bonds. The Hall–Kier alpha value is -3.92. The number of carbonyl (C=O) groups excluding carboxylic acids is 1. The van der Waals surface area contributed by atoms with Crippen molar-refractivity contribution in [2.75, 3.05) is 0 Å². The van der Waals surface area contributed by atoms with Crippen LogP contribution >= 0.6 is 0 Å². The maximum Gasteiger partial charge on any atom is 0.417 e. The lowest BCUT2D eigenvalue weighted by Gasteiger charge is -2.18. The maximum absolute atomic E-state index is 13.7. The molecule has 3 rings (SSSR count). The number of carboxylic acid groups (broad SMARTS) is 1. The molecule has 7 nitrogen and oxygen atoms in total. The van der Waals surface area contributed by atoms with Crippen molar-refractivity contribution in [3.8, 4) is 11.1 Å². The predicted octanol–water partition coefficient (Wildman–Crippen LogP) is 3.83. The van der Waals surface area contributed by atoms with Crippen LogP contribution in [0.1, 0.15) is 45.2 Å². The van der Waals surface area contributed by atoms with E-state index in [1.807, 2.05) is 6.92 Å². The van der Waals surface area contributed by atoms with Gasteiger partial charge in [-0.25, -0.2) is 4.79 Å². The zero-order valence-corrected chi connectivity index (χ0v) is 20.6. The molecule has 0 spiro atoms. The molecule has 1 atom stereocenters. The molecular formula is C27H28F3N3O4. The molecule has 0 saturated carbocycles. The highest BCUT2D eigenvalue weighted by Crippen LogP contribution is 2.35. The van der Waals surface area contributed by atoms with E-state index in [0.717, 1.165) is 16.2 Å². The molecule has 1 heterocycles. The van der Waals surface area contributed by atoms with Crippen molar-refractivity contribution >= 4 is 11.9 Å². The van der Waals surface area contributed by atoms with Crippen LogP contribution < -0.4 is 16.6 Å². The van der Waals surface area contributed by atoms with Crippen LogP contribution in [-0.4, -0.2) is 27.6 Å². The predicted molar refractivity (Wildman–Crippen MR) is 133 cm³/mol. The van der Waals surface area contributed by atoms with E-state index in [-0.39, 0.29) is 24.2 Å². The second kappa shape index (κ2) is 11.0. The molecule has 0 fully saturated rings. The molecule has 4 N–H and O–H groups in total. The Balaban J connectivity index is 1.91. The van der Waals surface area contributed by atoms with Gasteiger partial charge in [-0.2, -0.15) is 13.2 Å². The number of hydrogen-bond acceptors (Lipinski definition) is 4. The van der Waals surface area contributed by atoms with Gasteiger partial charge in [-0.05, 0) is 41.7 Å². The molecule has 37 heavy (non-hydrogen) atoms. The van der Waals surface area contributed by atoms with Crippen LogP contribution in [0.3, 0.4) is 0 Å². The molecule has 3 aromatic rings. The third-order valence-corrected chi connectivity index (χ3v) is 6.33. The fourth-order valence-corrected chi connectivity index (χ4v) is 4.21. The molecule has 0 aliphatic heterocycles. The zero-order valence-electron chi connectivity index (χ0n) is 20.6. The molecule has 0 radical (unpaired) electrons. The molecule has 0 saturated heterocycles. The van der Waals surface area contributed by atoms with Crippen molar-refractivity contribution in [1.82, 2.24) is 9.88 Å². The van der Waals surface area contributed by atoms with E-state index in [9.17, 15) is 32.7 Å². The van der Waals surface area contributed by atoms with Crippen LogP contribution in [0, 0.1) is 6.92 Å². The minimum Gasteiger partial charge on any atom is -0.480 e. The van der Waals surface area contributed by atoms with Crippen LogP contribution in [0.2, 0.25) is 0 Å². The van der Waals surface area contributed by atoms with Crippen molar-refractivity contribution in [2.45, 2.75) is 45.5 Å². The van der Waals surface area contributed by atoms with Crippen LogP contribution in [0.5, 0.6) is 0 Å². The van der Waals surface area contributed by atoms with Crippen molar-refractivity contribution in [1.29, 1.82) is 0 Å². The monoisotopic (exact) mass is 515 g/mol. The van der Waals surface area contributed by atoms with Gasteiger partial charge in [0.25, 0.3) is 11.5 Å². The molecule has 1 aromatic heterocycles. The quantitative estimate of drug-likeness (QED) is 0.422. The van der Waals surface area contributed by atoms with Crippen molar-refractivity contribution < 1.29 is 27.9 Å². The second-order valence-corrected chi connectivity index (χ2v) is 8.71. The number of nitrogens with one attached hydrogen (secondary N) is 1. The summed E-state index contributed by atoms with van der Waals surface area (Å²) >= 11 is 0. The van der Waals surface area contributed by atoms with Crippen LogP contribution in [-0.2, 0) is 37.4 Å². The van der Waals surface area contributed by atoms with E-state index < -0.39 is 40.8 Å². The molecular weight excluding hydrogens is 487 g/mol. The van der Waals surface area contributed by atoms with Gasteiger partial charge in [-0.15, -0.1) is 0 Å². The number of halogens is 3. The number of benzene rings is 2. The van der Waals surface area contributed by atoms with Gasteiger partial charge in [0.05, 0.1) is 11.1 Å². The minimum atomic E-state index is -4.73. The molecule has 1 unspecified atom stereocenters. The fourth-order valence-electron chi connectivity index (χ4n) is 4.21. The highest BCUT2D eigenvalue weighted by molar-refractivity contribution is 5.99. The van der Waals surface area contributed by atoms with Gasteiger partial charge in [-0.1, -0.05) is 49.4 Å². The lowest BCUT2D eigenvalue weighted by Crippen LogP contribution is -2.43. The number of aliphatic carboxylic acids is 1. The number of nitrogens with zero attached hydrogens (tertiary/aromatic N) is 1. The molecule has 196 valence electrons. The number of pyridine rings is 1. The Morgan fingerprint density at radius 2 is 1.73 bits per heavy atom. The average molecular weight is 516 g/mol. The summed E-state index contributed by atoms with van der Waals surface area (Å²) < 4.78 is 42.2. The molecule has 0 aliphatic carbocycles. The summed E-state index contributed by atoms with van der Waals surface area (Å²) in [5, 5.41) is 12.3. The summed E-state index contributed by atoms with van der Waals surface area (Å²) in [6.07, 6.45) is -4.30. The third kappa shape index (κ3) is 5.91. The summed E-state index contributed by atoms with van der Waals surface area (Å²) in [4.78, 5) is 37.6. The van der Waals surface area contributed by atoms with Gasteiger partial charge < -0.3 is 20.7 Å². The summed E-state index contributed by atoms with van der Waals surface area (Å²) in [6, 6.07) is 10.5. The van der Waals surface area contributed by atoms with Crippen LogP contribution in [0.15, 0.2) is 53.3 Å². The largest absolute Gasteiger partial charge is 0.480 e. The Labute approximate surface area is 211 Å². The van der Waals surface area contributed by atoms with Gasteiger partial charge in [0.15, 0.2) is 0 Å². The van der Waals surface area contributed by atoms with Crippen molar-refractivity contribution in [3.05, 3.63) is 92.4 Å². The third-order valence-electron chi connectivity index (χ3n) is 6.33. The van der Waals surface area contributed by atoms with Gasteiger partial charge >= 0.3 is 12.1 Å². The number of rotatable bonds is 8. The number of nitrogens with two attached hydrogens (primary N) is 1. The van der Waals surface area contributed by atoms with Gasteiger partial charge in [-0.3, -0.25) is 9.59 Å². The van der Waals surface area contributed by atoms with Crippen LogP contribution in [0.4, 0.5) is 13.2 Å². The van der Waals surface area contributed by atoms with Gasteiger partial charge in [0.2, 0.25) is 0 Å². The van der Waals surface area contributed by atoms with E-state index in [2.05, 4.69) is 5.32 Å². The van der Waals surface area contributed by atoms with E-state index in [1.165, 1.54) is 38.2 Å². The molecule has 2 aromatic carbocycles.